The monoisotopic (exact) mass is 282 g/mol. The van der Waals surface area contributed by atoms with Crippen molar-refractivity contribution in [2.75, 3.05) is 24.7 Å². The zero-order chi connectivity index (χ0) is 14.0. The zero-order valence-corrected chi connectivity index (χ0v) is 12.7. The molecular weight excluding hydrogens is 260 g/mol. The van der Waals surface area contributed by atoms with Crippen molar-refractivity contribution in [3.8, 4) is 5.75 Å². The molecule has 1 aliphatic rings. The summed E-state index contributed by atoms with van der Waals surface area (Å²) in [7, 11) is 1.59. The van der Waals surface area contributed by atoms with Crippen molar-refractivity contribution < 1.29 is 9.53 Å². The van der Waals surface area contributed by atoms with Gasteiger partial charge in [-0.3, -0.25) is 4.79 Å². The fraction of sp³-hybridized carbons (Fsp3) is 0.643. The molecule has 1 heterocycles. The van der Waals surface area contributed by atoms with Crippen LogP contribution in [0.1, 0.15) is 49.2 Å². The van der Waals surface area contributed by atoms with Gasteiger partial charge in [0.2, 0.25) is 0 Å². The summed E-state index contributed by atoms with van der Waals surface area (Å²) in [5, 5.41) is 4.31. The largest absolute Gasteiger partial charge is 0.492 e. The predicted molar refractivity (Wildman–Crippen MR) is 80.4 cm³/mol. The third-order valence-corrected chi connectivity index (χ3v) is 5.03. The Balaban J connectivity index is 2.12. The lowest BCUT2D eigenvalue weighted by atomic mass is 10.0. The van der Waals surface area contributed by atoms with Gasteiger partial charge in [-0.05, 0) is 24.7 Å². The van der Waals surface area contributed by atoms with Crippen LogP contribution >= 0.6 is 11.3 Å². The van der Waals surface area contributed by atoms with E-state index >= 15 is 0 Å². The maximum Gasteiger partial charge on any atom is 0.176 e. The van der Waals surface area contributed by atoms with E-state index in [1.165, 1.54) is 43.9 Å². The third kappa shape index (κ3) is 2.86. The second-order valence-corrected chi connectivity index (χ2v) is 6.39. The van der Waals surface area contributed by atoms with E-state index in [2.05, 4.69) is 12.2 Å². The molecule has 0 spiro atoms. The number of hydrogen-bond acceptors (Lipinski definition) is 5. The summed E-state index contributed by atoms with van der Waals surface area (Å²) in [6, 6.07) is 0. The van der Waals surface area contributed by atoms with Crippen LogP contribution in [-0.2, 0) is 0 Å². The average Bonchev–Trinajstić information content (AvgIpc) is 3.04. The lowest BCUT2D eigenvalue weighted by molar-refractivity contribution is 0.102. The molecule has 1 aromatic rings. The molecule has 0 aromatic carbocycles. The predicted octanol–water partition coefficient (Wildman–Crippen LogP) is 3.53. The maximum absolute atomic E-state index is 11.5. The highest BCUT2D eigenvalue weighted by molar-refractivity contribution is 7.19. The Labute approximate surface area is 118 Å². The van der Waals surface area contributed by atoms with Crippen molar-refractivity contribution in [2.24, 2.45) is 5.41 Å². The SMILES string of the molecule is CCCC1(CNc2sc(C(C)=O)c(N)c2OC)CC1. The smallest absolute Gasteiger partial charge is 0.176 e. The van der Waals surface area contributed by atoms with Crippen LogP contribution < -0.4 is 15.8 Å². The van der Waals surface area contributed by atoms with E-state index in [0.29, 0.717) is 21.7 Å². The molecule has 0 bridgehead atoms. The normalized spacial score (nSPS) is 16.2. The van der Waals surface area contributed by atoms with Gasteiger partial charge in [0, 0.05) is 13.5 Å². The fourth-order valence-electron chi connectivity index (χ4n) is 2.50. The zero-order valence-electron chi connectivity index (χ0n) is 11.8. The number of carbonyl (C=O) groups excluding carboxylic acids is 1. The highest BCUT2D eigenvalue weighted by Crippen LogP contribution is 2.51. The van der Waals surface area contributed by atoms with Crippen molar-refractivity contribution >= 4 is 27.8 Å². The Morgan fingerprint density at radius 1 is 1.53 bits per heavy atom. The molecule has 0 aliphatic heterocycles. The molecule has 0 atom stereocenters. The minimum atomic E-state index is -0.0106. The maximum atomic E-state index is 11.5. The quantitative estimate of drug-likeness (QED) is 0.751. The molecule has 0 saturated heterocycles. The van der Waals surface area contributed by atoms with E-state index in [1.807, 2.05) is 0 Å². The van der Waals surface area contributed by atoms with Gasteiger partial charge in [-0.15, -0.1) is 11.3 Å². The van der Waals surface area contributed by atoms with Gasteiger partial charge in [0.1, 0.15) is 5.00 Å². The Morgan fingerprint density at radius 3 is 2.68 bits per heavy atom. The number of nitrogens with two attached hydrogens (primary N) is 1. The van der Waals surface area contributed by atoms with Crippen molar-refractivity contribution in [1.29, 1.82) is 0 Å². The van der Waals surface area contributed by atoms with Crippen LogP contribution in [0.15, 0.2) is 0 Å². The lowest BCUT2D eigenvalue weighted by Gasteiger charge is -2.15. The van der Waals surface area contributed by atoms with Crippen LogP contribution in [0.25, 0.3) is 0 Å². The van der Waals surface area contributed by atoms with Crippen LogP contribution in [0.2, 0.25) is 0 Å². The third-order valence-electron chi connectivity index (χ3n) is 3.78. The number of nitrogens with one attached hydrogen (secondary N) is 1. The molecule has 106 valence electrons. The van der Waals surface area contributed by atoms with E-state index in [1.54, 1.807) is 7.11 Å². The summed E-state index contributed by atoms with van der Waals surface area (Å²) < 4.78 is 5.32. The second-order valence-electron chi connectivity index (χ2n) is 5.37. The summed E-state index contributed by atoms with van der Waals surface area (Å²) >= 11 is 1.39. The Hall–Kier alpha value is -1.23. The minimum absolute atomic E-state index is 0.0106. The first kappa shape index (κ1) is 14.2. The van der Waals surface area contributed by atoms with Crippen LogP contribution in [0.5, 0.6) is 5.75 Å². The van der Waals surface area contributed by atoms with Gasteiger partial charge in [-0.25, -0.2) is 0 Å². The number of Topliss-reactive ketones (excluding diaryl/α,β-unsaturated/α-hetero) is 1. The number of rotatable bonds is 7. The molecule has 0 radical (unpaired) electrons. The molecule has 1 aliphatic carbocycles. The van der Waals surface area contributed by atoms with Gasteiger partial charge >= 0.3 is 0 Å². The van der Waals surface area contributed by atoms with Crippen molar-refractivity contribution in [3.05, 3.63) is 4.88 Å². The van der Waals surface area contributed by atoms with E-state index in [9.17, 15) is 4.79 Å². The van der Waals surface area contributed by atoms with Gasteiger partial charge < -0.3 is 15.8 Å². The number of methoxy groups -OCH3 is 1. The van der Waals surface area contributed by atoms with Crippen LogP contribution in [0, 0.1) is 5.41 Å². The van der Waals surface area contributed by atoms with Gasteiger partial charge in [0.15, 0.2) is 11.5 Å². The summed E-state index contributed by atoms with van der Waals surface area (Å²) in [6.45, 7) is 4.69. The van der Waals surface area contributed by atoms with Crippen molar-refractivity contribution in [1.82, 2.24) is 0 Å². The topological polar surface area (TPSA) is 64.4 Å². The second kappa shape index (κ2) is 5.41. The Kier molecular flexibility index (Phi) is 4.04. The Bertz CT molecular complexity index is 478. The fourth-order valence-corrected chi connectivity index (χ4v) is 3.48. The summed E-state index contributed by atoms with van der Waals surface area (Å²) in [5.41, 5.74) is 6.87. The molecule has 5 heteroatoms. The molecule has 1 saturated carbocycles. The van der Waals surface area contributed by atoms with Gasteiger partial charge in [-0.1, -0.05) is 13.3 Å². The molecule has 0 amide bonds. The summed E-state index contributed by atoms with van der Waals surface area (Å²) in [6.07, 6.45) is 5.04. The molecule has 3 N–H and O–H groups in total. The van der Waals surface area contributed by atoms with Gasteiger partial charge in [0.05, 0.1) is 17.7 Å². The van der Waals surface area contributed by atoms with E-state index in [-0.39, 0.29) is 5.78 Å². The first-order valence-electron chi connectivity index (χ1n) is 6.74. The number of nitrogen functional groups attached to an aromatic ring is 1. The standard InChI is InChI=1S/C14H22N2O2S/c1-4-5-14(6-7-14)8-16-13-11(18-3)10(15)12(19-13)9(2)17/h16H,4-8,15H2,1-3H3. The van der Waals surface area contributed by atoms with E-state index in [4.69, 9.17) is 10.5 Å². The molecule has 19 heavy (non-hydrogen) atoms. The average molecular weight is 282 g/mol. The minimum Gasteiger partial charge on any atom is -0.492 e. The number of carbonyl (C=O) groups is 1. The Morgan fingerprint density at radius 2 is 2.21 bits per heavy atom. The number of ether oxygens (including phenoxy) is 1. The molecule has 1 fully saturated rings. The van der Waals surface area contributed by atoms with Crippen LogP contribution in [0.4, 0.5) is 10.7 Å². The summed E-state index contributed by atoms with van der Waals surface area (Å²) in [4.78, 5) is 12.1. The highest BCUT2D eigenvalue weighted by atomic mass is 32.1. The molecular formula is C14H22N2O2S. The molecule has 4 nitrogen and oxygen atoms in total. The molecule has 2 rings (SSSR count). The van der Waals surface area contributed by atoms with E-state index in [0.717, 1.165) is 11.5 Å². The first-order valence-corrected chi connectivity index (χ1v) is 7.55. The summed E-state index contributed by atoms with van der Waals surface area (Å²) in [5.74, 6) is 0.603. The lowest BCUT2D eigenvalue weighted by Crippen LogP contribution is -2.14. The first-order chi connectivity index (χ1) is 9.03. The number of anilines is 2. The van der Waals surface area contributed by atoms with Crippen LogP contribution in [0.3, 0.4) is 0 Å². The van der Waals surface area contributed by atoms with E-state index < -0.39 is 0 Å². The number of thiophene rings is 1. The van der Waals surface area contributed by atoms with Gasteiger partial charge in [0.25, 0.3) is 0 Å². The molecule has 0 unspecified atom stereocenters. The van der Waals surface area contributed by atoms with Crippen LogP contribution in [-0.4, -0.2) is 19.4 Å². The van der Waals surface area contributed by atoms with Gasteiger partial charge in [-0.2, -0.15) is 0 Å². The number of ketones is 1. The van der Waals surface area contributed by atoms with Crippen molar-refractivity contribution in [3.63, 3.8) is 0 Å². The van der Waals surface area contributed by atoms with Crippen molar-refractivity contribution in [2.45, 2.75) is 39.5 Å². The molecule has 1 aromatic heterocycles. The number of hydrogen-bond donors (Lipinski definition) is 2. The highest BCUT2D eigenvalue weighted by Gasteiger charge is 2.41.